The highest BCUT2D eigenvalue weighted by atomic mass is 14.6. The first-order valence-electron chi connectivity index (χ1n) is 22.5. The molecule has 0 aromatic rings. The summed E-state index contributed by atoms with van der Waals surface area (Å²) in [5.74, 6) is 13.3. The molecular formula is C48H80. The fraction of sp³-hybridized carbons (Fsp3) is 1.00. The van der Waals surface area contributed by atoms with Crippen molar-refractivity contribution in [3.05, 3.63) is 0 Å². The Morgan fingerprint density at radius 3 is 0.958 bits per heavy atom. The quantitative estimate of drug-likeness (QED) is 0.243. The minimum absolute atomic E-state index is 0.759. The Hall–Kier alpha value is 0. The van der Waals surface area contributed by atoms with Gasteiger partial charge in [-0.3, -0.25) is 0 Å². The van der Waals surface area contributed by atoms with Gasteiger partial charge in [0.15, 0.2) is 0 Å². The van der Waals surface area contributed by atoms with E-state index in [9.17, 15) is 0 Å². The van der Waals surface area contributed by atoms with Crippen LogP contribution < -0.4 is 0 Å². The lowest BCUT2D eigenvalue weighted by Gasteiger charge is -2.60. The van der Waals surface area contributed by atoms with Gasteiger partial charge in [0.05, 0.1) is 0 Å². The summed E-state index contributed by atoms with van der Waals surface area (Å²) < 4.78 is 0. The van der Waals surface area contributed by atoms with E-state index < -0.39 is 0 Å². The highest BCUT2D eigenvalue weighted by Crippen LogP contribution is 2.67. The predicted octanol–water partition coefficient (Wildman–Crippen LogP) is 14.2. The summed E-state index contributed by atoms with van der Waals surface area (Å²) in [5.41, 5.74) is 4.59. The maximum atomic E-state index is 2.56. The molecule has 0 aliphatic heterocycles. The van der Waals surface area contributed by atoms with Gasteiger partial charge in [-0.1, -0.05) is 55.4 Å². The van der Waals surface area contributed by atoms with E-state index in [1.54, 1.807) is 128 Å². The maximum Gasteiger partial charge on any atom is -0.0292 e. The second-order valence-corrected chi connectivity index (χ2v) is 25.4. The lowest BCUT2D eigenvalue weighted by molar-refractivity contribution is -0.0922. The molecule has 0 aromatic heterocycles. The summed E-state index contributed by atoms with van der Waals surface area (Å²) in [6.45, 7) is 20.3. The van der Waals surface area contributed by atoms with Crippen molar-refractivity contribution in [3.63, 3.8) is 0 Å². The summed E-state index contributed by atoms with van der Waals surface area (Å²) in [6.07, 6.45) is 34.3. The first-order valence-corrected chi connectivity index (χ1v) is 22.5. The molecule has 0 N–H and O–H groups in total. The molecule has 16 bridgehead atoms. The van der Waals surface area contributed by atoms with Crippen LogP contribution in [0.25, 0.3) is 0 Å². The van der Waals surface area contributed by atoms with E-state index in [-0.39, 0.29) is 0 Å². The summed E-state index contributed by atoms with van der Waals surface area (Å²) in [7, 11) is 0. The largest absolute Gasteiger partial charge is 0.0620 e. The molecule has 16 fully saturated rings. The average Bonchev–Trinajstić information content (AvgIpc) is 2.90. The summed E-state index contributed by atoms with van der Waals surface area (Å²) in [4.78, 5) is 0. The molecule has 0 aromatic carbocycles. The number of hydrogen-bond donors (Lipinski definition) is 0. The fourth-order valence-electron chi connectivity index (χ4n) is 19.8. The van der Waals surface area contributed by atoms with Crippen molar-refractivity contribution in [2.24, 2.45) is 104 Å². The van der Waals surface area contributed by atoms with E-state index in [1.165, 1.54) is 12.8 Å². The van der Waals surface area contributed by atoms with Crippen LogP contribution in [0.2, 0.25) is 0 Å². The van der Waals surface area contributed by atoms with Crippen LogP contribution in [-0.2, 0) is 0 Å². The van der Waals surface area contributed by atoms with Crippen molar-refractivity contribution in [3.8, 4) is 0 Å². The lowest BCUT2D eigenvalue weighted by atomic mass is 9.45. The van der Waals surface area contributed by atoms with E-state index in [1.807, 2.05) is 0 Å². The van der Waals surface area contributed by atoms with Gasteiger partial charge >= 0.3 is 0 Å². The number of rotatable bonds is 0. The summed E-state index contributed by atoms with van der Waals surface area (Å²) in [6, 6.07) is 0. The minimum atomic E-state index is 0.759. The van der Waals surface area contributed by atoms with Crippen LogP contribution in [0, 0.1) is 104 Å². The van der Waals surface area contributed by atoms with Crippen molar-refractivity contribution >= 4 is 0 Å². The van der Waals surface area contributed by atoms with Crippen LogP contribution in [0.4, 0.5) is 0 Å². The van der Waals surface area contributed by atoms with E-state index in [2.05, 4.69) is 55.4 Å². The Balaban J connectivity index is 0.0000000871. The highest BCUT2D eigenvalue weighted by molar-refractivity contribution is 5.06. The Morgan fingerprint density at radius 2 is 0.625 bits per heavy atom. The first-order chi connectivity index (χ1) is 22.5. The standard InChI is InChI=1S/4C12H20/c2*1-11-4-9-3-10(5-11)7-12(2,6-9)8-11;1-8-11-4-9-3-10(5-11)7-12(8,2)6-9;1-8-10-3-9-4-11(8)7-12(2,5-9)6-10/h2*9-10H,3-8H2,1-2H3;2*8-11H,3-7H2,1-2H3. The topological polar surface area (TPSA) is 0 Å². The van der Waals surface area contributed by atoms with Crippen molar-refractivity contribution < 1.29 is 0 Å². The van der Waals surface area contributed by atoms with Gasteiger partial charge < -0.3 is 0 Å². The Bertz CT molecular complexity index is 1070. The SMILES string of the molecule is CC12CC3CC(C1)CC(C)(C3)C2.CC12CC3CC(C1)CC(C)(C3)C2.CC1C2CC3CC(C2)CC1(C)C3.CC1C2CC3CC1CC(C)(C3)C2. The fourth-order valence-corrected chi connectivity index (χ4v) is 19.8. The van der Waals surface area contributed by atoms with Gasteiger partial charge in [0.2, 0.25) is 0 Å². The molecule has 0 spiro atoms. The molecule has 16 rings (SSSR count). The van der Waals surface area contributed by atoms with Crippen LogP contribution in [-0.4, -0.2) is 0 Å². The molecule has 272 valence electrons. The third kappa shape index (κ3) is 6.16. The van der Waals surface area contributed by atoms with Crippen LogP contribution in [0.15, 0.2) is 0 Å². The molecule has 16 aliphatic carbocycles. The second-order valence-electron chi connectivity index (χ2n) is 25.4. The van der Waals surface area contributed by atoms with Crippen molar-refractivity contribution in [2.75, 3.05) is 0 Å². The van der Waals surface area contributed by atoms with Gasteiger partial charge in [0.1, 0.15) is 0 Å². The molecular weight excluding hydrogens is 577 g/mol. The predicted molar refractivity (Wildman–Crippen MR) is 203 cm³/mol. The molecule has 48 heavy (non-hydrogen) atoms. The number of hydrogen-bond acceptors (Lipinski definition) is 0. The third-order valence-electron chi connectivity index (χ3n) is 19.6. The van der Waals surface area contributed by atoms with E-state index in [4.69, 9.17) is 0 Å². The van der Waals surface area contributed by atoms with Crippen molar-refractivity contribution in [1.82, 2.24) is 0 Å². The minimum Gasteiger partial charge on any atom is -0.0620 e. The molecule has 0 heteroatoms. The van der Waals surface area contributed by atoms with E-state index in [0.717, 1.165) is 104 Å². The zero-order chi connectivity index (χ0) is 33.5. The molecule has 0 radical (unpaired) electrons. The second kappa shape index (κ2) is 11.3. The Labute approximate surface area is 299 Å². The molecule has 5 unspecified atom stereocenters. The molecule has 0 nitrogen and oxygen atoms in total. The maximum absolute atomic E-state index is 2.56. The van der Waals surface area contributed by atoms with Crippen LogP contribution in [0.5, 0.6) is 0 Å². The van der Waals surface area contributed by atoms with Crippen molar-refractivity contribution in [1.29, 1.82) is 0 Å². The molecule has 16 aliphatic rings. The monoisotopic (exact) mass is 657 g/mol. The van der Waals surface area contributed by atoms with Crippen LogP contribution >= 0.6 is 0 Å². The van der Waals surface area contributed by atoms with Gasteiger partial charge in [0, 0.05) is 0 Å². The van der Waals surface area contributed by atoms with Gasteiger partial charge in [-0.05, 0) is 245 Å². The van der Waals surface area contributed by atoms with Gasteiger partial charge in [-0.25, -0.2) is 0 Å². The molecule has 0 saturated heterocycles. The summed E-state index contributed by atoms with van der Waals surface area (Å²) in [5, 5.41) is 0. The summed E-state index contributed by atoms with van der Waals surface area (Å²) >= 11 is 0. The van der Waals surface area contributed by atoms with Crippen LogP contribution in [0.3, 0.4) is 0 Å². The molecule has 0 heterocycles. The van der Waals surface area contributed by atoms with Gasteiger partial charge in [0.25, 0.3) is 0 Å². The first kappa shape index (κ1) is 33.8. The van der Waals surface area contributed by atoms with Crippen LogP contribution in [0.1, 0.15) is 197 Å². The van der Waals surface area contributed by atoms with Gasteiger partial charge in [-0.15, -0.1) is 0 Å². The Kier molecular flexibility index (Phi) is 7.93. The molecule has 16 saturated carbocycles. The lowest BCUT2D eigenvalue weighted by Crippen LogP contribution is -2.50. The smallest absolute Gasteiger partial charge is 0.0292 e. The zero-order valence-corrected chi connectivity index (χ0v) is 33.5. The van der Waals surface area contributed by atoms with Crippen molar-refractivity contribution in [2.45, 2.75) is 197 Å². The average molecular weight is 657 g/mol. The van der Waals surface area contributed by atoms with Gasteiger partial charge in [-0.2, -0.15) is 0 Å². The third-order valence-corrected chi connectivity index (χ3v) is 19.6. The molecule has 0 amide bonds. The van der Waals surface area contributed by atoms with E-state index in [0.29, 0.717) is 0 Å². The molecule has 5 atom stereocenters. The highest BCUT2D eigenvalue weighted by Gasteiger charge is 2.56. The van der Waals surface area contributed by atoms with E-state index >= 15 is 0 Å². The normalized spacial score (nSPS) is 62.5. The Morgan fingerprint density at radius 1 is 0.312 bits per heavy atom. The zero-order valence-electron chi connectivity index (χ0n) is 33.5.